The number of nitrogen functional groups attached to an aromatic ring is 1. The van der Waals surface area contributed by atoms with E-state index in [4.69, 9.17) is 5.84 Å². The van der Waals surface area contributed by atoms with E-state index in [1.54, 1.807) is 4.90 Å². The summed E-state index contributed by atoms with van der Waals surface area (Å²) in [7, 11) is 3.74. The summed E-state index contributed by atoms with van der Waals surface area (Å²) in [4.78, 5) is 14.4. The molecule has 0 aromatic carbocycles. The van der Waals surface area contributed by atoms with E-state index in [0.29, 0.717) is 17.8 Å². The molecule has 1 heterocycles. The molecule has 0 saturated heterocycles. The lowest BCUT2D eigenvalue weighted by Crippen LogP contribution is -2.20. The minimum Gasteiger partial charge on any atom is -0.354 e. The third-order valence-corrected chi connectivity index (χ3v) is 2.31. The summed E-state index contributed by atoms with van der Waals surface area (Å²) >= 11 is 0. The van der Waals surface area contributed by atoms with Crippen LogP contribution in [0.5, 0.6) is 0 Å². The van der Waals surface area contributed by atoms with E-state index in [1.165, 1.54) is 0 Å². The second-order valence-corrected chi connectivity index (χ2v) is 5.56. The van der Waals surface area contributed by atoms with Crippen LogP contribution >= 0.6 is 0 Å². The van der Waals surface area contributed by atoms with Gasteiger partial charge in [-0.05, 0) is 11.8 Å². The van der Waals surface area contributed by atoms with Gasteiger partial charge in [0.05, 0.1) is 0 Å². The molecule has 102 valence electrons. The van der Waals surface area contributed by atoms with Gasteiger partial charge in [0.15, 0.2) is 0 Å². The molecule has 0 bridgehead atoms. The molecule has 0 amide bonds. The minimum absolute atomic E-state index is 0.277. The smallest absolute Gasteiger partial charge is 0.243 e. The van der Waals surface area contributed by atoms with E-state index in [2.05, 4.69) is 46.5 Å². The van der Waals surface area contributed by atoms with Crippen molar-refractivity contribution in [3.8, 4) is 0 Å². The maximum Gasteiger partial charge on any atom is 0.243 e. The van der Waals surface area contributed by atoms with Gasteiger partial charge in [-0.1, -0.05) is 20.8 Å². The quantitative estimate of drug-likeness (QED) is 0.534. The standard InChI is InChI=1S/C11H23N7/c1-11(2,3)6-7-13-8-14-9(17-12)16-10(15-8)18(4)5/h6-7,12H2,1-5H3,(H2,13,14,15,16,17). The van der Waals surface area contributed by atoms with E-state index in [-0.39, 0.29) is 5.41 Å². The van der Waals surface area contributed by atoms with E-state index in [0.717, 1.165) is 13.0 Å². The molecule has 0 fully saturated rings. The SMILES string of the molecule is CN(C)c1nc(NN)nc(NCCC(C)(C)C)n1. The van der Waals surface area contributed by atoms with Gasteiger partial charge in [0.1, 0.15) is 0 Å². The molecule has 18 heavy (non-hydrogen) atoms. The summed E-state index contributed by atoms with van der Waals surface area (Å²) in [6.07, 6.45) is 1.03. The highest BCUT2D eigenvalue weighted by atomic mass is 15.4. The van der Waals surface area contributed by atoms with Gasteiger partial charge < -0.3 is 10.2 Å². The molecule has 0 aliphatic heterocycles. The molecule has 4 N–H and O–H groups in total. The molecule has 0 atom stereocenters. The van der Waals surface area contributed by atoms with Crippen LogP contribution in [0.3, 0.4) is 0 Å². The third kappa shape index (κ3) is 4.70. The van der Waals surface area contributed by atoms with Gasteiger partial charge in [-0.3, -0.25) is 5.43 Å². The summed E-state index contributed by atoms with van der Waals surface area (Å²) in [5, 5.41) is 3.19. The Morgan fingerprint density at radius 3 is 2.22 bits per heavy atom. The first-order valence-electron chi connectivity index (χ1n) is 5.96. The molecular formula is C11H23N7. The highest BCUT2D eigenvalue weighted by Crippen LogP contribution is 2.18. The Bertz CT molecular complexity index is 383. The van der Waals surface area contributed by atoms with Gasteiger partial charge in [-0.25, -0.2) is 5.84 Å². The summed E-state index contributed by atoms with van der Waals surface area (Å²) in [6, 6.07) is 0. The molecule has 1 rings (SSSR count). The van der Waals surface area contributed by atoms with Gasteiger partial charge in [0, 0.05) is 20.6 Å². The molecule has 0 aliphatic rings. The van der Waals surface area contributed by atoms with Crippen LogP contribution in [0, 0.1) is 5.41 Å². The molecule has 0 radical (unpaired) electrons. The number of nitrogens with one attached hydrogen (secondary N) is 2. The lowest BCUT2D eigenvalue weighted by Gasteiger charge is -2.18. The van der Waals surface area contributed by atoms with Crippen molar-refractivity contribution in [3.63, 3.8) is 0 Å². The van der Waals surface area contributed by atoms with Crippen molar-refractivity contribution < 1.29 is 0 Å². The zero-order chi connectivity index (χ0) is 13.8. The number of aromatic nitrogens is 3. The molecule has 0 unspecified atom stereocenters. The Balaban J connectivity index is 2.73. The van der Waals surface area contributed by atoms with E-state index in [9.17, 15) is 0 Å². The average Bonchev–Trinajstić information content (AvgIpc) is 2.26. The predicted molar refractivity (Wildman–Crippen MR) is 74.5 cm³/mol. The molecular weight excluding hydrogens is 230 g/mol. The zero-order valence-electron chi connectivity index (χ0n) is 11.8. The first-order valence-corrected chi connectivity index (χ1v) is 5.96. The van der Waals surface area contributed by atoms with Crippen LogP contribution in [-0.4, -0.2) is 35.6 Å². The normalized spacial score (nSPS) is 11.2. The van der Waals surface area contributed by atoms with Gasteiger partial charge in [-0.2, -0.15) is 15.0 Å². The first-order chi connectivity index (χ1) is 8.31. The fourth-order valence-corrected chi connectivity index (χ4v) is 1.26. The molecule has 0 saturated carbocycles. The van der Waals surface area contributed by atoms with Crippen LogP contribution in [-0.2, 0) is 0 Å². The highest BCUT2D eigenvalue weighted by Gasteiger charge is 2.11. The number of anilines is 3. The van der Waals surface area contributed by atoms with Crippen LogP contribution in [0.15, 0.2) is 0 Å². The van der Waals surface area contributed by atoms with Crippen molar-refractivity contribution in [3.05, 3.63) is 0 Å². The topological polar surface area (TPSA) is 92.0 Å². The van der Waals surface area contributed by atoms with Crippen LogP contribution in [0.2, 0.25) is 0 Å². The Hall–Kier alpha value is -1.63. The number of rotatable bonds is 5. The number of hydrazine groups is 1. The molecule has 0 spiro atoms. The zero-order valence-corrected chi connectivity index (χ0v) is 11.8. The predicted octanol–water partition coefficient (Wildman–Crippen LogP) is 1.07. The maximum absolute atomic E-state index is 5.34. The number of hydrogen-bond acceptors (Lipinski definition) is 7. The second kappa shape index (κ2) is 5.81. The number of nitrogens with two attached hydrogens (primary N) is 1. The molecule has 0 aliphatic carbocycles. The van der Waals surface area contributed by atoms with Crippen LogP contribution in [0.25, 0.3) is 0 Å². The molecule has 7 nitrogen and oxygen atoms in total. The van der Waals surface area contributed by atoms with Crippen molar-refractivity contribution in [2.45, 2.75) is 27.2 Å². The number of nitrogens with zero attached hydrogens (tertiary/aromatic N) is 4. The summed E-state index contributed by atoms with van der Waals surface area (Å²) in [5.41, 5.74) is 2.72. The Morgan fingerprint density at radius 2 is 1.72 bits per heavy atom. The van der Waals surface area contributed by atoms with E-state index < -0.39 is 0 Å². The van der Waals surface area contributed by atoms with Gasteiger partial charge >= 0.3 is 0 Å². The average molecular weight is 253 g/mol. The Kier molecular flexibility index (Phi) is 4.66. The van der Waals surface area contributed by atoms with Crippen molar-refractivity contribution in [1.82, 2.24) is 15.0 Å². The van der Waals surface area contributed by atoms with Gasteiger partial charge in [0.2, 0.25) is 17.8 Å². The monoisotopic (exact) mass is 253 g/mol. The van der Waals surface area contributed by atoms with Crippen LogP contribution in [0.4, 0.5) is 17.8 Å². The highest BCUT2D eigenvalue weighted by molar-refractivity contribution is 5.42. The maximum atomic E-state index is 5.34. The Morgan fingerprint density at radius 1 is 1.11 bits per heavy atom. The van der Waals surface area contributed by atoms with E-state index in [1.807, 2.05) is 14.1 Å². The van der Waals surface area contributed by atoms with Crippen LogP contribution < -0.4 is 21.5 Å². The molecule has 1 aromatic heterocycles. The second-order valence-electron chi connectivity index (χ2n) is 5.56. The summed E-state index contributed by atoms with van der Waals surface area (Å²) < 4.78 is 0. The minimum atomic E-state index is 0.277. The fourth-order valence-electron chi connectivity index (χ4n) is 1.26. The summed E-state index contributed by atoms with van der Waals surface area (Å²) in [5.74, 6) is 6.79. The van der Waals surface area contributed by atoms with Gasteiger partial charge in [-0.15, -0.1) is 0 Å². The van der Waals surface area contributed by atoms with Crippen molar-refractivity contribution in [2.24, 2.45) is 11.3 Å². The lowest BCUT2D eigenvalue weighted by molar-refractivity contribution is 0.389. The summed E-state index contributed by atoms with van der Waals surface area (Å²) in [6.45, 7) is 7.39. The first kappa shape index (κ1) is 14.4. The largest absolute Gasteiger partial charge is 0.354 e. The lowest BCUT2D eigenvalue weighted by atomic mass is 9.92. The molecule has 1 aromatic rings. The van der Waals surface area contributed by atoms with Crippen molar-refractivity contribution in [1.29, 1.82) is 0 Å². The Labute approximate surface area is 108 Å². The fraction of sp³-hybridized carbons (Fsp3) is 0.727. The van der Waals surface area contributed by atoms with Crippen LogP contribution in [0.1, 0.15) is 27.2 Å². The number of hydrogen-bond donors (Lipinski definition) is 3. The van der Waals surface area contributed by atoms with E-state index >= 15 is 0 Å². The van der Waals surface area contributed by atoms with Crippen molar-refractivity contribution in [2.75, 3.05) is 36.3 Å². The van der Waals surface area contributed by atoms with Crippen molar-refractivity contribution >= 4 is 17.8 Å². The molecule has 7 heteroatoms. The third-order valence-electron chi connectivity index (χ3n) is 2.31. The van der Waals surface area contributed by atoms with Gasteiger partial charge in [0.25, 0.3) is 0 Å².